The van der Waals surface area contributed by atoms with Gasteiger partial charge in [0.25, 0.3) is 0 Å². The van der Waals surface area contributed by atoms with Crippen molar-refractivity contribution in [3.63, 3.8) is 0 Å². The molecule has 0 radical (unpaired) electrons. The number of alkyl halides is 2. The molecule has 1 N–H and O–H groups in total. The van der Waals surface area contributed by atoms with Gasteiger partial charge in [-0.3, -0.25) is 4.79 Å². The van der Waals surface area contributed by atoms with Crippen molar-refractivity contribution in [3.8, 4) is 0 Å². The van der Waals surface area contributed by atoms with Crippen LogP contribution in [-0.2, 0) is 16.0 Å². The molecule has 4 nitrogen and oxygen atoms in total. The Hall–Kier alpha value is -1.98. The second-order valence-corrected chi connectivity index (χ2v) is 6.12. The number of likely N-dealkylation sites (N-methyl/N-ethyl adjacent to an activating group) is 1. The van der Waals surface area contributed by atoms with E-state index in [1.807, 2.05) is 6.07 Å². The molecule has 1 fully saturated rings. The number of rotatable bonds is 5. The molecule has 2 rings (SSSR count). The molecular weight excluding hydrogens is 304 g/mol. The molecule has 0 heterocycles. The van der Waals surface area contributed by atoms with Crippen molar-refractivity contribution in [1.82, 2.24) is 4.90 Å². The zero-order valence-corrected chi connectivity index (χ0v) is 13.0. The highest BCUT2D eigenvalue weighted by atomic mass is 19.3. The lowest BCUT2D eigenvalue weighted by Crippen LogP contribution is -2.47. The number of carbonyl (C=O) groups is 2. The van der Waals surface area contributed by atoms with Crippen molar-refractivity contribution in [2.45, 2.75) is 44.1 Å². The van der Waals surface area contributed by atoms with Gasteiger partial charge in [-0.2, -0.15) is 0 Å². The van der Waals surface area contributed by atoms with Gasteiger partial charge in [-0.25, -0.2) is 13.6 Å². The van der Waals surface area contributed by atoms with Gasteiger partial charge in [-0.05, 0) is 18.4 Å². The highest BCUT2D eigenvalue weighted by Gasteiger charge is 2.39. The molecule has 0 spiro atoms. The Morgan fingerprint density at radius 3 is 2.35 bits per heavy atom. The largest absolute Gasteiger partial charge is 0.480 e. The van der Waals surface area contributed by atoms with Crippen molar-refractivity contribution >= 4 is 11.9 Å². The third-order valence-electron chi connectivity index (χ3n) is 4.44. The zero-order valence-electron chi connectivity index (χ0n) is 13.0. The van der Waals surface area contributed by atoms with Crippen LogP contribution in [0.15, 0.2) is 30.3 Å². The van der Waals surface area contributed by atoms with E-state index in [1.165, 1.54) is 11.9 Å². The number of carbonyl (C=O) groups excluding carboxylic acids is 1. The van der Waals surface area contributed by atoms with Gasteiger partial charge in [-0.15, -0.1) is 0 Å². The lowest BCUT2D eigenvalue weighted by atomic mass is 9.85. The van der Waals surface area contributed by atoms with E-state index in [1.54, 1.807) is 24.3 Å². The molecule has 1 aromatic rings. The van der Waals surface area contributed by atoms with Gasteiger partial charge in [0.1, 0.15) is 6.04 Å². The van der Waals surface area contributed by atoms with Crippen LogP contribution in [0.1, 0.15) is 31.2 Å². The Morgan fingerprint density at radius 1 is 1.26 bits per heavy atom. The number of halogens is 2. The fraction of sp³-hybridized carbons (Fsp3) is 0.529. The van der Waals surface area contributed by atoms with Crippen molar-refractivity contribution in [2.75, 3.05) is 7.05 Å². The van der Waals surface area contributed by atoms with E-state index < -0.39 is 23.9 Å². The maximum absolute atomic E-state index is 13.2. The number of nitrogens with zero attached hydrogens (tertiary/aromatic N) is 1. The molecule has 1 aromatic carbocycles. The molecule has 23 heavy (non-hydrogen) atoms. The van der Waals surface area contributed by atoms with E-state index in [0.29, 0.717) is 0 Å². The summed E-state index contributed by atoms with van der Waals surface area (Å²) in [5.41, 5.74) is 0.815. The number of hydrogen-bond acceptors (Lipinski definition) is 2. The third-order valence-corrected chi connectivity index (χ3v) is 4.44. The summed E-state index contributed by atoms with van der Waals surface area (Å²) in [5, 5.41) is 9.42. The molecule has 0 aromatic heterocycles. The number of carboxylic acid groups (broad SMARTS) is 1. The second-order valence-electron chi connectivity index (χ2n) is 6.12. The first kappa shape index (κ1) is 17.4. The Morgan fingerprint density at radius 2 is 1.83 bits per heavy atom. The number of benzene rings is 1. The predicted molar refractivity (Wildman–Crippen MR) is 81.2 cm³/mol. The van der Waals surface area contributed by atoms with Crippen LogP contribution in [-0.4, -0.2) is 40.9 Å². The molecule has 1 aliphatic carbocycles. The molecule has 1 amide bonds. The average molecular weight is 325 g/mol. The minimum absolute atomic E-state index is 0.105. The van der Waals surface area contributed by atoms with Gasteiger partial charge in [0, 0.05) is 32.2 Å². The summed E-state index contributed by atoms with van der Waals surface area (Å²) in [6, 6.07) is 8.05. The normalized spacial score (nSPS) is 19.1. The minimum atomic E-state index is -2.70. The van der Waals surface area contributed by atoms with E-state index in [-0.39, 0.29) is 38.0 Å². The summed E-state index contributed by atoms with van der Waals surface area (Å²) in [6.45, 7) is 0. The maximum atomic E-state index is 13.2. The summed E-state index contributed by atoms with van der Waals surface area (Å²) < 4.78 is 26.4. The fourth-order valence-corrected chi connectivity index (χ4v) is 2.96. The highest BCUT2D eigenvalue weighted by Crippen LogP contribution is 2.37. The molecule has 1 aliphatic rings. The van der Waals surface area contributed by atoms with Crippen molar-refractivity contribution in [1.29, 1.82) is 0 Å². The van der Waals surface area contributed by atoms with Crippen LogP contribution in [0.4, 0.5) is 8.78 Å². The molecular formula is C17H21F2NO3. The number of hydrogen-bond donors (Lipinski definition) is 1. The van der Waals surface area contributed by atoms with Crippen LogP contribution in [0, 0.1) is 5.92 Å². The standard InChI is InChI=1S/C17H21F2NO3/c1-20(15(21)13-7-9-17(18,19)10-8-13)14(16(22)23)11-12-5-3-2-4-6-12/h2-6,13-14H,7-11H2,1H3,(H,22,23). The van der Waals surface area contributed by atoms with Crippen LogP contribution in [0.25, 0.3) is 0 Å². The molecule has 1 saturated carbocycles. The van der Waals surface area contributed by atoms with E-state index in [0.717, 1.165) is 5.56 Å². The first-order valence-electron chi connectivity index (χ1n) is 7.71. The van der Waals surface area contributed by atoms with Crippen LogP contribution in [0.2, 0.25) is 0 Å². The van der Waals surface area contributed by atoms with E-state index in [9.17, 15) is 23.5 Å². The third kappa shape index (κ3) is 4.50. The van der Waals surface area contributed by atoms with Crippen LogP contribution >= 0.6 is 0 Å². The summed E-state index contributed by atoms with van der Waals surface area (Å²) in [4.78, 5) is 25.2. The lowest BCUT2D eigenvalue weighted by Gasteiger charge is -2.32. The second kappa shape index (κ2) is 7.06. The number of amides is 1. The predicted octanol–water partition coefficient (Wildman–Crippen LogP) is 2.97. The van der Waals surface area contributed by atoms with Gasteiger partial charge in [-0.1, -0.05) is 30.3 Å². The Bertz CT molecular complexity index is 552. The highest BCUT2D eigenvalue weighted by molar-refractivity contribution is 5.85. The molecule has 1 atom stereocenters. The molecule has 0 aliphatic heterocycles. The van der Waals surface area contributed by atoms with Gasteiger partial charge in [0.15, 0.2) is 0 Å². The smallest absolute Gasteiger partial charge is 0.326 e. The lowest BCUT2D eigenvalue weighted by molar-refractivity contribution is -0.152. The molecule has 1 unspecified atom stereocenters. The summed E-state index contributed by atoms with van der Waals surface area (Å²) in [7, 11) is 1.44. The maximum Gasteiger partial charge on any atom is 0.326 e. The van der Waals surface area contributed by atoms with E-state index in [4.69, 9.17) is 0 Å². The average Bonchev–Trinajstić information content (AvgIpc) is 2.52. The van der Waals surface area contributed by atoms with Gasteiger partial charge in [0.05, 0.1) is 0 Å². The molecule has 6 heteroatoms. The Balaban J connectivity index is 2.04. The quantitative estimate of drug-likeness (QED) is 0.905. The Labute approximate surface area is 134 Å². The SMILES string of the molecule is CN(C(=O)C1CCC(F)(F)CC1)C(Cc1ccccc1)C(=O)O. The molecule has 0 saturated heterocycles. The van der Waals surface area contributed by atoms with E-state index in [2.05, 4.69) is 0 Å². The summed E-state index contributed by atoms with van der Waals surface area (Å²) >= 11 is 0. The molecule has 0 bridgehead atoms. The number of carboxylic acids is 1. The van der Waals surface area contributed by atoms with Crippen LogP contribution < -0.4 is 0 Å². The van der Waals surface area contributed by atoms with Gasteiger partial charge >= 0.3 is 5.97 Å². The molecule has 126 valence electrons. The zero-order chi connectivity index (χ0) is 17.0. The summed E-state index contributed by atoms with van der Waals surface area (Å²) in [5.74, 6) is -4.67. The van der Waals surface area contributed by atoms with E-state index >= 15 is 0 Å². The topological polar surface area (TPSA) is 57.6 Å². The first-order chi connectivity index (χ1) is 10.8. The van der Waals surface area contributed by atoms with Gasteiger partial charge < -0.3 is 10.0 Å². The van der Waals surface area contributed by atoms with Crippen molar-refractivity contribution < 1.29 is 23.5 Å². The van der Waals surface area contributed by atoms with Crippen molar-refractivity contribution in [3.05, 3.63) is 35.9 Å². The minimum Gasteiger partial charge on any atom is -0.480 e. The first-order valence-corrected chi connectivity index (χ1v) is 7.71. The van der Waals surface area contributed by atoms with Gasteiger partial charge in [0.2, 0.25) is 11.8 Å². The summed E-state index contributed by atoms with van der Waals surface area (Å²) in [6.07, 6.45) is -0.218. The fourth-order valence-electron chi connectivity index (χ4n) is 2.96. The monoisotopic (exact) mass is 325 g/mol. The number of aliphatic carboxylic acids is 1. The van der Waals surface area contributed by atoms with Crippen LogP contribution in [0.3, 0.4) is 0 Å². The van der Waals surface area contributed by atoms with Crippen LogP contribution in [0.5, 0.6) is 0 Å². The van der Waals surface area contributed by atoms with Crippen molar-refractivity contribution in [2.24, 2.45) is 5.92 Å². The Kier molecular flexibility index (Phi) is 5.34.